The summed E-state index contributed by atoms with van der Waals surface area (Å²) in [7, 11) is 0. The third-order valence-corrected chi connectivity index (χ3v) is 5.56. The molecule has 1 aliphatic rings. The van der Waals surface area contributed by atoms with E-state index in [4.69, 9.17) is 21.1 Å². The maximum absolute atomic E-state index is 12.5. The summed E-state index contributed by atoms with van der Waals surface area (Å²) >= 11 is 5.98. The first-order chi connectivity index (χ1) is 15.1. The lowest BCUT2D eigenvalue weighted by atomic mass is 10.2. The summed E-state index contributed by atoms with van der Waals surface area (Å²) in [4.78, 5) is 17.3. The van der Waals surface area contributed by atoms with Gasteiger partial charge in [-0.1, -0.05) is 11.6 Å². The van der Waals surface area contributed by atoms with Crippen molar-refractivity contribution >= 4 is 23.2 Å². The minimum Gasteiger partial charge on any atom is -0.490 e. The normalized spacial score (nSPS) is 14.4. The molecule has 0 unspecified atom stereocenters. The van der Waals surface area contributed by atoms with Gasteiger partial charge in [0.2, 0.25) is 0 Å². The number of piperazine rings is 1. The summed E-state index contributed by atoms with van der Waals surface area (Å²) < 4.78 is 11.2. The van der Waals surface area contributed by atoms with Crippen LogP contribution in [0, 0.1) is 0 Å². The summed E-state index contributed by atoms with van der Waals surface area (Å²) in [5.41, 5.74) is 1.81. The molecular weight excluding hydrogens is 414 g/mol. The smallest absolute Gasteiger partial charge is 0.251 e. The lowest BCUT2D eigenvalue weighted by Gasteiger charge is -2.36. The predicted octanol–water partition coefficient (Wildman–Crippen LogP) is 4.08. The Labute approximate surface area is 190 Å². The molecule has 3 rings (SSSR count). The monoisotopic (exact) mass is 445 g/mol. The summed E-state index contributed by atoms with van der Waals surface area (Å²) in [6.45, 7) is 10.6. The molecule has 2 aromatic rings. The minimum atomic E-state index is -0.0865. The number of ether oxygens (including phenoxy) is 2. The molecule has 0 aliphatic carbocycles. The van der Waals surface area contributed by atoms with E-state index in [0.717, 1.165) is 44.2 Å². The molecule has 0 radical (unpaired) electrons. The van der Waals surface area contributed by atoms with Crippen LogP contribution in [0.1, 0.15) is 30.6 Å². The Hall–Kier alpha value is -2.44. The second kappa shape index (κ2) is 11.8. The third kappa shape index (κ3) is 6.77. The molecule has 6 nitrogen and oxygen atoms in total. The van der Waals surface area contributed by atoms with Crippen molar-refractivity contribution in [1.82, 2.24) is 10.2 Å². The van der Waals surface area contributed by atoms with Crippen LogP contribution in [0.3, 0.4) is 0 Å². The van der Waals surface area contributed by atoms with Crippen LogP contribution in [0.4, 0.5) is 5.69 Å². The number of benzene rings is 2. The van der Waals surface area contributed by atoms with Gasteiger partial charge < -0.3 is 19.7 Å². The fraction of sp³-hybridized carbons (Fsp3) is 0.458. The highest BCUT2D eigenvalue weighted by molar-refractivity contribution is 6.30. The van der Waals surface area contributed by atoms with Crippen LogP contribution < -0.4 is 19.7 Å². The van der Waals surface area contributed by atoms with E-state index in [-0.39, 0.29) is 5.91 Å². The highest BCUT2D eigenvalue weighted by Crippen LogP contribution is 2.28. The van der Waals surface area contributed by atoms with Crippen LogP contribution in [-0.4, -0.2) is 63.3 Å². The first-order valence-corrected chi connectivity index (χ1v) is 11.4. The number of carbonyl (C=O) groups excluding carboxylic acids is 1. The van der Waals surface area contributed by atoms with E-state index in [1.54, 1.807) is 18.2 Å². The molecule has 2 aromatic carbocycles. The standard InChI is InChI=1S/C24H32ClN3O3/c1-3-30-22-11-6-19(18-23(22)31-4-2)24(29)26-12-5-13-27-14-16-28(17-15-27)21-9-7-20(25)8-10-21/h6-11,18H,3-5,12-17H2,1-2H3,(H,26,29). The second-order valence-electron chi connectivity index (χ2n) is 7.44. The summed E-state index contributed by atoms with van der Waals surface area (Å²) in [5, 5.41) is 3.78. The molecule has 1 amide bonds. The Morgan fingerprint density at radius 3 is 2.32 bits per heavy atom. The Balaban J connectivity index is 1.39. The molecule has 1 saturated heterocycles. The van der Waals surface area contributed by atoms with Crippen molar-refractivity contribution in [3.05, 3.63) is 53.1 Å². The second-order valence-corrected chi connectivity index (χ2v) is 7.88. The number of nitrogens with one attached hydrogen (secondary N) is 1. The molecular formula is C24H32ClN3O3. The van der Waals surface area contributed by atoms with E-state index in [0.29, 0.717) is 36.8 Å². The molecule has 0 aromatic heterocycles. The number of hydrogen-bond acceptors (Lipinski definition) is 5. The van der Waals surface area contributed by atoms with E-state index < -0.39 is 0 Å². The van der Waals surface area contributed by atoms with Gasteiger partial charge in [-0.25, -0.2) is 0 Å². The maximum atomic E-state index is 12.5. The van der Waals surface area contributed by atoms with Crippen molar-refractivity contribution in [2.24, 2.45) is 0 Å². The first-order valence-electron chi connectivity index (χ1n) is 11.0. The number of anilines is 1. The van der Waals surface area contributed by atoms with Crippen LogP contribution >= 0.6 is 11.6 Å². The first kappa shape index (κ1) is 23.2. The predicted molar refractivity (Wildman–Crippen MR) is 126 cm³/mol. The van der Waals surface area contributed by atoms with E-state index in [2.05, 4.69) is 27.2 Å². The van der Waals surface area contributed by atoms with E-state index in [1.807, 2.05) is 26.0 Å². The Morgan fingerprint density at radius 2 is 1.65 bits per heavy atom. The van der Waals surface area contributed by atoms with Crippen molar-refractivity contribution < 1.29 is 14.3 Å². The highest BCUT2D eigenvalue weighted by Gasteiger charge is 2.17. The molecule has 1 aliphatic heterocycles. The lowest BCUT2D eigenvalue weighted by Crippen LogP contribution is -2.47. The fourth-order valence-corrected chi connectivity index (χ4v) is 3.81. The number of amides is 1. The summed E-state index contributed by atoms with van der Waals surface area (Å²) in [6, 6.07) is 13.3. The number of hydrogen-bond donors (Lipinski definition) is 1. The molecule has 0 atom stereocenters. The average molecular weight is 446 g/mol. The van der Waals surface area contributed by atoms with Crippen LogP contribution in [0.2, 0.25) is 5.02 Å². The molecule has 168 valence electrons. The zero-order valence-corrected chi connectivity index (χ0v) is 19.2. The minimum absolute atomic E-state index is 0.0865. The van der Waals surface area contributed by atoms with Crippen molar-refractivity contribution in [2.75, 3.05) is 57.4 Å². The van der Waals surface area contributed by atoms with Crippen molar-refractivity contribution in [3.63, 3.8) is 0 Å². The Kier molecular flexibility index (Phi) is 8.85. The molecule has 0 bridgehead atoms. The van der Waals surface area contributed by atoms with Gasteiger partial charge in [0.1, 0.15) is 0 Å². The molecule has 0 saturated carbocycles. The molecule has 1 fully saturated rings. The Bertz CT molecular complexity index is 836. The van der Waals surface area contributed by atoms with Crippen LogP contribution in [0.5, 0.6) is 11.5 Å². The number of halogens is 1. The van der Waals surface area contributed by atoms with E-state index in [1.165, 1.54) is 5.69 Å². The number of carbonyl (C=O) groups is 1. The summed E-state index contributed by atoms with van der Waals surface area (Å²) in [5.74, 6) is 1.19. The third-order valence-electron chi connectivity index (χ3n) is 5.31. The topological polar surface area (TPSA) is 54.0 Å². The quantitative estimate of drug-likeness (QED) is 0.558. The van der Waals surface area contributed by atoms with E-state index >= 15 is 0 Å². The van der Waals surface area contributed by atoms with Crippen molar-refractivity contribution in [2.45, 2.75) is 20.3 Å². The molecule has 1 N–H and O–H groups in total. The largest absolute Gasteiger partial charge is 0.490 e. The van der Waals surface area contributed by atoms with Gasteiger partial charge in [-0.05, 0) is 69.3 Å². The van der Waals surface area contributed by atoms with Gasteiger partial charge in [0.05, 0.1) is 13.2 Å². The van der Waals surface area contributed by atoms with Gasteiger partial charge in [-0.3, -0.25) is 9.69 Å². The molecule has 0 spiro atoms. The highest BCUT2D eigenvalue weighted by atomic mass is 35.5. The summed E-state index contributed by atoms with van der Waals surface area (Å²) in [6.07, 6.45) is 0.919. The van der Waals surface area contributed by atoms with Gasteiger partial charge in [-0.15, -0.1) is 0 Å². The van der Waals surface area contributed by atoms with E-state index in [9.17, 15) is 4.79 Å². The van der Waals surface area contributed by atoms with Crippen LogP contribution in [0.25, 0.3) is 0 Å². The SMILES string of the molecule is CCOc1ccc(C(=O)NCCCN2CCN(c3ccc(Cl)cc3)CC2)cc1OCC. The van der Waals surface area contributed by atoms with Crippen LogP contribution in [-0.2, 0) is 0 Å². The molecule has 31 heavy (non-hydrogen) atoms. The average Bonchev–Trinajstić information content (AvgIpc) is 2.79. The van der Waals surface area contributed by atoms with Gasteiger partial charge in [-0.2, -0.15) is 0 Å². The van der Waals surface area contributed by atoms with Gasteiger partial charge in [0, 0.05) is 49.0 Å². The Morgan fingerprint density at radius 1 is 0.968 bits per heavy atom. The fourth-order valence-electron chi connectivity index (χ4n) is 3.68. The molecule has 7 heteroatoms. The van der Waals surface area contributed by atoms with Crippen molar-refractivity contribution in [3.8, 4) is 11.5 Å². The van der Waals surface area contributed by atoms with Crippen LogP contribution in [0.15, 0.2) is 42.5 Å². The zero-order chi connectivity index (χ0) is 22.1. The van der Waals surface area contributed by atoms with Crippen molar-refractivity contribution in [1.29, 1.82) is 0 Å². The van der Waals surface area contributed by atoms with Gasteiger partial charge in [0.15, 0.2) is 11.5 Å². The molecule has 1 heterocycles. The zero-order valence-electron chi connectivity index (χ0n) is 18.4. The lowest BCUT2D eigenvalue weighted by molar-refractivity contribution is 0.0951. The number of nitrogens with zero attached hydrogens (tertiary/aromatic N) is 2. The van der Waals surface area contributed by atoms with Gasteiger partial charge >= 0.3 is 0 Å². The van der Waals surface area contributed by atoms with Gasteiger partial charge in [0.25, 0.3) is 5.91 Å². The maximum Gasteiger partial charge on any atom is 0.251 e. The number of rotatable bonds is 10.